The van der Waals surface area contributed by atoms with Gasteiger partial charge in [-0.05, 0) is 25.2 Å². The van der Waals surface area contributed by atoms with Crippen molar-refractivity contribution in [1.82, 2.24) is 10.6 Å². The van der Waals surface area contributed by atoms with Crippen LogP contribution in [0.15, 0.2) is 0 Å². The van der Waals surface area contributed by atoms with Gasteiger partial charge in [0.05, 0.1) is 0 Å². The fourth-order valence-corrected chi connectivity index (χ4v) is 3.14. The van der Waals surface area contributed by atoms with E-state index in [2.05, 4.69) is 10.6 Å². The minimum atomic E-state index is -1.03. The number of urea groups is 1. The van der Waals surface area contributed by atoms with Crippen molar-refractivity contribution in [1.29, 1.82) is 0 Å². The van der Waals surface area contributed by atoms with Crippen molar-refractivity contribution in [2.75, 3.05) is 0 Å². The molecular weight excluding hydrogens is 220 g/mol. The minimum Gasteiger partial charge on any atom is -0.277 e. The number of barbiturate groups is 1. The summed E-state index contributed by atoms with van der Waals surface area (Å²) in [5.74, 6) is -0.768. The van der Waals surface area contributed by atoms with Gasteiger partial charge in [0.2, 0.25) is 11.8 Å². The molecule has 0 bridgehead atoms. The third-order valence-corrected chi connectivity index (χ3v) is 4.12. The Labute approximate surface area is 100 Å². The zero-order valence-corrected chi connectivity index (χ0v) is 10.0. The summed E-state index contributed by atoms with van der Waals surface area (Å²) in [5.41, 5.74) is -1.03. The molecule has 0 spiro atoms. The van der Waals surface area contributed by atoms with Crippen LogP contribution in [0.4, 0.5) is 4.79 Å². The molecule has 0 aromatic carbocycles. The van der Waals surface area contributed by atoms with Gasteiger partial charge in [-0.1, -0.05) is 26.2 Å². The number of carbonyl (C=O) groups excluding carboxylic acids is 3. The number of nitrogens with one attached hydrogen (secondary N) is 2. The minimum absolute atomic E-state index is 0.0642. The molecule has 2 fully saturated rings. The maximum absolute atomic E-state index is 12.1. The fraction of sp³-hybridized carbons (Fsp3) is 0.750. The normalized spacial score (nSPS) is 25.4. The number of imide groups is 2. The summed E-state index contributed by atoms with van der Waals surface area (Å²) in [5, 5.41) is 4.48. The predicted octanol–water partition coefficient (Wildman–Crippen LogP) is 1.33. The third kappa shape index (κ3) is 1.83. The second kappa shape index (κ2) is 4.47. The molecule has 0 unspecified atom stereocenters. The van der Waals surface area contributed by atoms with Crippen molar-refractivity contribution < 1.29 is 14.4 Å². The largest absolute Gasteiger partial charge is 0.328 e. The van der Waals surface area contributed by atoms with Gasteiger partial charge in [-0.2, -0.15) is 0 Å². The van der Waals surface area contributed by atoms with E-state index in [1.54, 1.807) is 0 Å². The van der Waals surface area contributed by atoms with Crippen molar-refractivity contribution in [2.24, 2.45) is 11.3 Å². The molecular formula is C12H18N2O3. The summed E-state index contributed by atoms with van der Waals surface area (Å²) in [4.78, 5) is 35.3. The molecule has 17 heavy (non-hydrogen) atoms. The Bertz CT molecular complexity index is 339. The van der Waals surface area contributed by atoms with Crippen LogP contribution in [-0.4, -0.2) is 17.8 Å². The number of hydrogen-bond donors (Lipinski definition) is 2. The van der Waals surface area contributed by atoms with E-state index in [4.69, 9.17) is 0 Å². The first-order valence-corrected chi connectivity index (χ1v) is 6.28. The SMILES string of the molecule is CCC1(C2CCCCC2)C(=O)NC(=O)NC1=O. The lowest BCUT2D eigenvalue weighted by Gasteiger charge is -2.41. The van der Waals surface area contributed by atoms with E-state index < -0.39 is 23.3 Å². The molecule has 94 valence electrons. The highest BCUT2D eigenvalue weighted by atomic mass is 16.2. The van der Waals surface area contributed by atoms with E-state index in [9.17, 15) is 14.4 Å². The first kappa shape index (κ1) is 12.1. The topological polar surface area (TPSA) is 75.3 Å². The van der Waals surface area contributed by atoms with E-state index in [1.165, 1.54) is 6.42 Å². The standard InChI is InChI=1S/C12H18N2O3/c1-2-12(8-6-4-3-5-7-8)9(15)13-11(17)14-10(12)16/h8H,2-7H2,1H3,(H2,13,14,15,16,17). The Morgan fingerprint density at radius 3 is 2.06 bits per heavy atom. The molecule has 5 nitrogen and oxygen atoms in total. The van der Waals surface area contributed by atoms with Gasteiger partial charge < -0.3 is 0 Å². The quantitative estimate of drug-likeness (QED) is 0.713. The highest BCUT2D eigenvalue weighted by Gasteiger charge is 2.53. The molecule has 1 saturated heterocycles. The van der Waals surface area contributed by atoms with Crippen molar-refractivity contribution in [3.05, 3.63) is 0 Å². The van der Waals surface area contributed by atoms with Gasteiger partial charge in [0.15, 0.2) is 0 Å². The van der Waals surface area contributed by atoms with Gasteiger partial charge in [-0.25, -0.2) is 4.79 Å². The smallest absolute Gasteiger partial charge is 0.277 e. The maximum Gasteiger partial charge on any atom is 0.328 e. The zero-order valence-electron chi connectivity index (χ0n) is 10.0. The lowest BCUT2D eigenvalue weighted by atomic mass is 9.65. The number of hydrogen-bond acceptors (Lipinski definition) is 3. The van der Waals surface area contributed by atoms with Crippen LogP contribution in [0.2, 0.25) is 0 Å². The molecule has 1 aliphatic heterocycles. The zero-order chi connectivity index (χ0) is 12.5. The Kier molecular flexibility index (Phi) is 3.17. The molecule has 2 N–H and O–H groups in total. The van der Waals surface area contributed by atoms with Crippen LogP contribution in [0.25, 0.3) is 0 Å². The van der Waals surface area contributed by atoms with Crippen LogP contribution in [0.5, 0.6) is 0 Å². The van der Waals surface area contributed by atoms with Gasteiger partial charge in [0.1, 0.15) is 5.41 Å². The molecule has 4 amide bonds. The highest BCUT2D eigenvalue weighted by molar-refractivity contribution is 6.19. The molecule has 1 heterocycles. The average Bonchev–Trinajstić information content (AvgIpc) is 2.30. The second-order valence-electron chi connectivity index (χ2n) is 4.90. The van der Waals surface area contributed by atoms with Crippen molar-refractivity contribution >= 4 is 17.8 Å². The van der Waals surface area contributed by atoms with Crippen LogP contribution in [0, 0.1) is 11.3 Å². The van der Waals surface area contributed by atoms with Crippen LogP contribution in [-0.2, 0) is 9.59 Å². The summed E-state index contributed by atoms with van der Waals surface area (Å²) >= 11 is 0. The molecule has 2 rings (SSSR count). The maximum atomic E-state index is 12.1. The van der Waals surface area contributed by atoms with Gasteiger partial charge in [-0.15, -0.1) is 0 Å². The molecule has 0 aromatic rings. The lowest BCUT2D eigenvalue weighted by Crippen LogP contribution is -2.64. The number of rotatable bonds is 2. The van der Waals surface area contributed by atoms with Crippen LogP contribution in [0.1, 0.15) is 45.4 Å². The highest BCUT2D eigenvalue weighted by Crippen LogP contribution is 2.42. The average molecular weight is 238 g/mol. The van der Waals surface area contributed by atoms with E-state index >= 15 is 0 Å². The van der Waals surface area contributed by atoms with Crippen molar-refractivity contribution in [3.8, 4) is 0 Å². The number of carbonyl (C=O) groups is 3. The Hall–Kier alpha value is -1.39. The van der Waals surface area contributed by atoms with Crippen LogP contribution < -0.4 is 10.6 Å². The van der Waals surface area contributed by atoms with Gasteiger partial charge in [-0.3, -0.25) is 20.2 Å². The Morgan fingerprint density at radius 1 is 1.06 bits per heavy atom. The van der Waals surface area contributed by atoms with E-state index in [0.29, 0.717) is 6.42 Å². The summed E-state index contributed by atoms with van der Waals surface area (Å²) in [6.07, 6.45) is 5.51. The number of amides is 4. The van der Waals surface area contributed by atoms with Crippen molar-refractivity contribution in [2.45, 2.75) is 45.4 Å². The van der Waals surface area contributed by atoms with E-state index in [0.717, 1.165) is 25.7 Å². The fourth-order valence-electron chi connectivity index (χ4n) is 3.14. The van der Waals surface area contributed by atoms with Crippen LogP contribution >= 0.6 is 0 Å². The van der Waals surface area contributed by atoms with E-state index in [-0.39, 0.29) is 5.92 Å². The van der Waals surface area contributed by atoms with Gasteiger partial charge >= 0.3 is 6.03 Å². The summed E-state index contributed by atoms with van der Waals surface area (Å²) in [7, 11) is 0. The Morgan fingerprint density at radius 2 is 1.59 bits per heavy atom. The Balaban J connectivity index is 2.30. The summed E-state index contributed by atoms with van der Waals surface area (Å²) in [6, 6.07) is -0.695. The lowest BCUT2D eigenvalue weighted by molar-refractivity contribution is -0.149. The first-order chi connectivity index (χ1) is 8.11. The van der Waals surface area contributed by atoms with Crippen LogP contribution in [0.3, 0.4) is 0 Å². The molecule has 1 saturated carbocycles. The molecule has 0 aromatic heterocycles. The second-order valence-corrected chi connectivity index (χ2v) is 4.90. The first-order valence-electron chi connectivity index (χ1n) is 6.28. The van der Waals surface area contributed by atoms with Gasteiger partial charge in [0, 0.05) is 0 Å². The van der Waals surface area contributed by atoms with Crippen molar-refractivity contribution in [3.63, 3.8) is 0 Å². The molecule has 0 radical (unpaired) electrons. The molecule has 1 aliphatic carbocycles. The van der Waals surface area contributed by atoms with Gasteiger partial charge in [0.25, 0.3) is 0 Å². The third-order valence-electron chi connectivity index (χ3n) is 4.12. The van der Waals surface area contributed by atoms with E-state index in [1.807, 2.05) is 6.92 Å². The molecule has 5 heteroatoms. The molecule has 0 atom stereocenters. The molecule has 2 aliphatic rings. The summed E-state index contributed by atoms with van der Waals surface area (Å²) in [6.45, 7) is 1.84. The summed E-state index contributed by atoms with van der Waals surface area (Å²) < 4.78 is 0. The predicted molar refractivity (Wildman–Crippen MR) is 61.0 cm³/mol. The monoisotopic (exact) mass is 238 g/mol.